The van der Waals surface area contributed by atoms with Crippen LogP contribution >= 0.6 is 0 Å². The van der Waals surface area contributed by atoms with Gasteiger partial charge in [-0.15, -0.1) is 0 Å². The van der Waals surface area contributed by atoms with E-state index in [0.29, 0.717) is 13.0 Å². The molecule has 96 valence electrons. The van der Waals surface area contributed by atoms with Crippen LogP contribution < -0.4 is 0 Å². The molecule has 0 aromatic heterocycles. The van der Waals surface area contributed by atoms with E-state index < -0.39 is 4.92 Å². The second-order valence-corrected chi connectivity index (χ2v) is 4.40. The summed E-state index contributed by atoms with van der Waals surface area (Å²) in [5, 5.41) is 10.7. The van der Waals surface area contributed by atoms with E-state index >= 15 is 0 Å². The Bertz CT molecular complexity index is 484. The lowest BCUT2D eigenvalue weighted by Crippen LogP contribution is -2.24. The first kappa shape index (κ1) is 12.5. The van der Waals surface area contributed by atoms with Crippen LogP contribution in [-0.4, -0.2) is 17.5 Å². The maximum absolute atomic E-state index is 11.7. The van der Waals surface area contributed by atoms with Crippen LogP contribution in [0.1, 0.15) is 24.5 Å². The molecule has 0 radical (unpaired) electrons. The van der Waals surface area contributed by atoms with Crippen molar-refractivity contribution in [2.45, 2.75) is 26.2 Å². The molecule has 0 amide bonds. The number of ether oxygens (including phenoxy) is 1. The molecule has 0 heterocycles. The molecule has 0 saturated heterocycles. The van der Waals surface area contributed by atoms with Crippen LogP contribution in [0.2, 0.25) is 0 Å². The van der Waals surface area contributed by atoms with E-state index in [2.05, 4.69) is 0 Å². The molecule has 5 nitrogen and oxygen atoms in total. The molecule has 1 aliphatic carbocycles. The summed E-state index contributed by atoms with van der Waals surface area (Å²) < 4.78 is 5.00. The average molecular weight is 249 g/mol. The van der Waals surface area contributed by atoms with Gasteiger partial charge in [0.25, 0.3) is 5.69 Å². The fourth-order valence-corrected chi connectivity index (χ4v) is 2.32. The molecule has 0 spiro atoms. The van der Waals surface area contributed by atoms with Gasteiger partial charge < -0.3 is 4.74 Å². The predicted molar refractivity (Wildman–Crippen MR) is 65.2 cm³/mol. The van der Waals surface area contributed by atoms with Gasteiger partial charge in [-0.1, -0.05) is 6.07 Å². The van der Waals surface area contributed by atoms with Crippen LogP contribution in [0.5, 0.6) is 0 Å². The number of nitrogens with zero attached hydrogens (tertiary/aromatic N) is 1. The largest absolute Gasteiger partial charge is 0.466 e. The highest BCUT2D eigenvalue weighted by molar-refractivity contribution is 5.73. The molecule has 1 aliphatic rings. The highest BCUT2D eigenvalue weighted by Crippen LogP contribution is 2.29. The average Bonchev–Trinajstić information content (AvgIpc) is 2.37. The van der Waals surface area contributed by atoms with E-state index in [0.717, 1.165) is 24.0 Å². The number of carbonyl (C=O) groups excluding carboxylic acids is 1. The number of non-ortho nitro benzene ring substituents is 1. The number of nitro groups is 1. The lowest BCUT2D eigenvalue weighted by Gasteiger charge is -2.22. The number of nitro benzene ring substituents is 1. The van der Waals surface area contributed by atoms with Crippen LogP contribution in [0, 0.1) is 16.0 Å². The molecule has 0 saturated carbocycles. The van der Waals surface area contributed by atoms with E-state index in [1.54, 1.807) is 19.1 Å². The monoisotopic (exact) mass is 249 g/mol. The van der Waals surface area contributed by atoms with Crippen LogP contribution in [0.25, 0.3) is 0 Å². The number of aryl methyl sites for hydroxylation is 1. The van der Waals surface area contributed by atoms with Gasteiger partial charge in [-0.2, -0.15) is 0 Å². The number of benzene rings is 1. The van der Waals surface area contributed by atoms with Gasteiger partial charge in [-0.05, 0) is 37.3 Å². The van der Waals surface area contributed by atoms with Crippen molar-refractivity contribution in [2.24, 2.45) is 5.92 Å². The van der Waals surface area contributed by atoms with Gasteiger partial charge >= 0.3 is 5.97 Å². The number of carbonyl (C=O) groups is 1. The Balaban J connectivity index is 2.19. The molecule has 1 aromatic rings. The zero-order valence-corrected chi connectivity index (χ0v) is 10.2. The molecule has 0 aliphatic heterocycles. The minimum Gasteiger partial charge on any atom is -0.466 e. The normalized spacial score (nSPS) is 17.9. The second-order valence-electron chi connectivity index (χ2n) is 4.40. The van der Waals surface area contributed by atoms with Crippen LogP contribution in [0.4, 0.5) is 5.69 Å². The lowest BCUT2D eigenvalue weighted by atomic mass is 9.84. The molecule has 1 aromatic carbocycles. The maximum Gasteiger partial charge on any atom is 0.309 e. The fourth-order valence-electron chi connectivity index (χ4n) is 2.32. The molecule has 0 bridgehead atoms. The van der Waals surface area contributed by atoms with Gasteiger partial charge in [-0.25, -0.2) is 0 Å². The summed E-state index contributed by atoms with van der Waals surface area (Å²) in [6.45, 7) is 2.15. The number of rotatable bonds is 3. The van der Waals surface area contributed by atoms with Crippen molar-refractivity contribution in [3.63, 3.8) is 0 Å². The summed E-state index contributed by atoms with van der Waals surface area (Å²) in [6.07, 6.45) is 2.07. The van der Waals surface area contributed by atoms with Crippen molar-refractivity contribution in [1.82, 2.24) is 0 Å². The first-order chi connectivity index (χ1) is 8.61. The molecule has 0 unspecified atom stereocenters. The number of esters is 1. The van der Waals surface area contributed by atoms with Crippen LogP contribution in [0.15, 0.2) is 18.2 Å². The molecule has 0 N–H and O–H groups in total. The molecule has 5 heteroatoms. The minimum atomic E-state index is -0.408. The van der Waals surface area contributed by atoms with E-state index in [4.69, 9.17) is 4.74 Å². The molecular formula is C13H15NO4. The SMILES string of the molecule is CCOC(=O)[C@H]1CCc2ccc([N+](=O)[O-])cc2C1. The summed E-state index contributed by atoms with van der Waals surface area (Å²) in [7, 11) is 0. The van der Waals surface area contributed by atoms with E-state index in [-0.39, 0.29) is 17.6 Å². The summed E-state index contributed by atoms with van der Waals surface area (Å²) in [6, 6.07) is 4.87. The number of hydrogen-bond donors (Lipinski definition) is 0. The van der Waals surface area contributed by atoms with Gasteiger partial charge in [0, 0.05) is 12.1 Å². The van der Waals surface area contributed by atoms with Gasteiger partial charge in [0.15, 0.2) is 0 Å². The molecular weight excluding hydrogens is 234 g/mol. The van der Waals surface area contributed by atoms with Crippen molar-refractivity contribution in [3.05, 3.63) is 39.4 Å². The minimum absolute atomic E-state index is 0.0817. The molecule has 18 heavy (non-hydrogen) atoms. The van der Waals surface area contributed by atoms with Crippen molar-refractivity contribution < 1.29 is 14.5 Å². The Morgan fingerprint density at radius 3 is 2.94 bits per heavy atom. The fraction of sp³-hybridized carbons (Fsp3) is 0.462. The lowest BCUT2D eigenvalue weighted by molar-refractivity contribution is -0.384. The van der Waals surface area contributed by atoms with E-state index in [1.807, 2.05) is 0 Å². The van der Waals surface area contributed by atoms with E-state index in [9.17, 15) is 14.9 Å². The highest BCUT2D eigenvalue weighted by atomic mass is 16.6. The van der Waals surface area contributed by atoms with Gasteiger partial charge in [0.05, 0.1) is 17.4 Å². The summed E-state index contributed by atoms with van der Waals surface area (Å²) in [5.74, 6) is -0.367. The van der Waals surface area contributed by atoms with Crippen LogP contribution in [-0.2, 0) is 22.4 Å². The first-order valence-corrected chi connectivity index (χ1v) is 6.04. The Morgan fingerprint density at radius 1 is 1.50 bits per heavy atom. The van der Waals surface area contributed by atoms with Crippen molar-refractivity contribution in [3.8, 4) is 0 Å². The van der Waals surface area contributed by atoms with Crippen molar-refractivity contribution in [1.29, 1.82) is 0 Å². The Kier molecular flexibility index (Phi) is 3.60. The van der Waals surface area contributed by atoms with Gasteiger partial charge in [0.1, 0.15) is 0 Å². The van der Waals surface area contributed by atoms with Crippen LogP contribution in [0.3, 0.4) is 0 Å². The van der Waals surface area contributed by atoms with Gasteiger partial charge in [-0.3, -0.25) is 14.9 Å². The number of hydrogen-bond acceptors (Lipinski definition) is 4. The summed E-state index contributed by atoms with van der Waals surface area (Å²) >= 11 is 0. The standard InChI is InChI=1S/C13H15NO4/c1-2-18-13(15)10-4-3-9-5-6-12(14(16)17)8-11(9)7-10/h5-6,8,10H,2-4,7H2,1H3/t10-/m0/s1. The smallest absolute Gasteiger partial charge is 0.309 e. The van der Waals surface area contributed by atoms with Crippen molar-refractivity contribution in [2.75, 3.05) is 6.61 Å². The Labute approximate surface area is 105 Å². The third-order valence-electron chi connectivity index (χ3n) is 3.25. The second kappa shape index (κ2) is 5.16. The zero-order valence-electron chi connectivity index (χ0n) is 10.2. The Morgan fingerprint density at radius 2 is 2.28 bits per heavy atom. The van der Waals surface area contributed by atoms with E-state index in [1.165, 1.54) is 6.07 Å². The van der Waals surface area contributed by atoms with Crippen molar-refractivity contribution >= 4 is 11.7 Å². The molecule has 0 fully saturated rings. The summed E-state index contributed by atoms with van der Waals surface area (Å²) in [5.41, 5.74) is 2.08. The maximum atomic E-state index is 11.7. The first-order valence-electron chi connectivity index (χ1n) is 6.04. The number of fused-ring (bicyclic) bond motifs is 1. The summed E-state index contributed by atoms with van der Waals surface area (Å²) in [4.78, 5) is 22.0. The molecule has 1 atom stereocenters. The Hall–Kier alpha value is -1.91. The predicted octanol–water partition coefficient (Wildman–Crippen LogP) is 2.26. The quantitative estimate of drug-likeness (QED) is 0.468. The third-order valence-corrected chi connectivity index (χ3v) is 3.25. The topological polar surface area (TPSA) is 69.4 Å². The zero-order chi connectivity index (χ0) is 13.1. The van der Waals surface area contributed by atoms with Gasteiger partial charge in [0.2, 0.25) is 0 Å². The molecule has 2 rings (SSSR count). The third kappa shape index (κ3) is 2.50. The highest BCUT2D eigenvalue weighted by Gasteiger charge is 2.26.